The van der Waals surface area contributed by atoms with Gasteiger partial charge in [-0.15, -0.1) is 0 Å². The van der Waals surface area contributed by atoms with Crippen LogP contribution in [0.15, 0.2) is 36.7 Å². The molecular weight excluding hydrogens is 278 g/mol. The molecule has 0 saturated carbocycles. The highest BCUT2D eigenvalue weighted by Gasteiger charge is 2.07. The molecule has 0 unspecified atom stereocenters. The third-order valence-corrected chi connectivity index (χ3v) is 2.83. The quantitative estimate of drug-likeness (QED) is 0.884. The number of aromatic nitrogens is 2. The normalized spacial score (nSPS) is 10.1. The second kappa shape index (κ2) is 7.18. The molecule has 6 nitrogen and oxygen atoms in total. The second-order valence-corrected chi connectivity index (χ2v) is 5.22. The van der Waals surface area contributed by atoms with E-state index in [2.05, 4.69) is 26.7 Å². The van der Waals surface area contributed by atoms with E-state index in [1.165, 1.54) is 12.4 Å². The molecule has 2 rings (SSSR count). The van der Waals surface area contributed by atoms with Crippen LogP contribution >= 0.6 is 0 Å². The van der Waals surface area contributed by atoms with Gasteiger partial charge in [0.25, 0.3) is 5.91 Å². The van der Waals surface area contributed by atoms with Gasteiger partial charge in [-0.3, -0.25) is 4.79 Å². The highest BCUT2D eigenvalue weighted by molar-refractivity contribution is 5.93. The molecule has 22 heavy (non-hydrogen) atoms. The van der Waals surface area contributed by atoms with Crippen molar-refractivity contribution in [2.75, 3.05) is 11.9 Å². The van der Waals surface area contributed by atoms with E-state index in [0.717, 1.165) is 5.69 Å². The predicted octanol–water partition coefficient (Wildman–Crippen LogP) is 2.48. The van der Waals surface area contributed by atoms with Crippen LogP contribution in [-0.2, 0) is 0 Å². The van der Waals surface area contributed by atoms with Crippen molar-refractivity contribution in [2.24, 2.45) is 5.92 Å². The molecule has 112 valence electrons. The number of hydrogen-bond donors (Lipinski definition) is 2. The Hall–Kier alpha value is -2.94. The summed E-state index contributed by atoms with van der Waals surface area (Å²) in [5, 5.41) is 14.7. The second-order valence-electron chi connectivity index (χ2n) is 5.22. The van der Waals surface area contributed by atoms with E-state index in [1.54, 1.807) is 18.2 Å². The number of nitriles is 1. The molecule has 2 aromatic rings. The van der Waals surface area contributed by atoms with Crippen molar-refractivity contribution >= 4 is 17.5 Å². The van der Waals surface area contributed by atoms with Crippen LogP contribution in [0.1, 0.15) is 29.8 Å². The number of nitrogens with zero attached hydrogens (tertiary/aromatic N) is 3. The molecule has 0 atom stereocenters. The molecule has 1 aromatic heterocycles. The molecule has 1 amide bonds. The minimum absolute atomic E-state index is 0.188. The lowest BCUT2D eigenvalue weighted by molar-refractivity contribution is 0.0948. The van der Waals surface area contributed by atoms with Crippen molar-refractivity contribution in [3.63, 3.8) is 0 Å². The first-order chi connectivity index (χ1) is 10.6. The topological polar surface area (TPSA) is 90.7 Å². The molecule has 6 heteroatoms. The minimum Gasteiger partial charge on any atom is -0.352 e. The van der Waals surface area contributed by atoms with Gasteiger partial charge in [0.05, 0.1) is 17.2 Å². The fourth-order valence-corrected chi connectivity index (χ4v) is 1.70. The molecule has 1 heterocycles. The van der Waals surface area contributed by atoms with Crippen molar-refractivity contribution in [3.05, 3.63) is 47.8 Å². The Bertz CT molecular complexity index is 688. The maximum absolute atomic E-state index is 11.9. The summed E-state index contributed by atoms with van der Waals surface area (Å²) in [4.78, 5) is 20.1. The highest BCUT2D eigenvalue weighted by atomic mass is 16.1. The van der Waals surface area contributed by atoms with E-state index < -0.39 is 0 Å². The maximum Gasteiger partial charge on any atom is 0.254 e. The van der Waals surface area contributed by atoms with E-state index >= 15 is 0 Å². The van der Waals surface area contributed by atoms with Crippen LogP contribution < -0.4 is 10.6 Å². The summed E-state index contributed by atoms with van der Waals surface area (Å²) in [5.41, 5.74) is 1.68. The van der Waals surface area contributed by atoms with Gasteiger partial charge < -0.3 is 10.6 Å². The van der Waals surface area contributed by atoms with Gasteiger partial charge in [0.1, 0.15) is 0 Å². The Balaban J connectivity index is 2.02. The molecule has 0 bridgehead atoms. The first kappa shape index (κ1) is 15.4. The lowest BCUT2D eigenvalue weighted by atomic mass is 10.2. The summed E-state index contributed by atoms with van der Waals surface area (Å²) in [6.07, 6.45) is 2.94. The monoisotopic (exact) mass is 295 g/mol. The highest BCUT2D eigenvalue weighted by Crippen LogP contribution is 2.14. The number of hydrogen-bond acceptors (Lipinski definition) is 5. The molecule has 1 aromatic carbocycles. The summed E-state index contributed by atoms with van der Waals surface area (Å²) in [7, 11) is 0. The zero-order valence-electron chi connectivity index (χ0n) is 12.5. The maximum atomic E-state index is 11.9. The van der Waals surface area contributed by atoms with Gasteiger partial charge in [0.2, 0.25) is 5.95 Å². The fourth-order valence-electron chi connectivity index (χ4n) is 1.70. The smallest absolute Gasteiger partial charge is 0.254 e. The number of anilines is 2. The minimum atomic E-state index is -0.188. The number of carbonyl (C=O) groups is 1. The van der Waals surface area contributed by atoms with E-state index in [-0.39, 0.29) is 5.91 Å². The Kier molecular flexibility index (Phi) is 5.04. The molecule has 0 aliphatic heterocycles. The number of carbonyl (C=O) groups excluding carboxylic acids is 1. The van der Waals surface area contributed by atoms with Crippen LogP contribution in [0.5, 0.6) is 0 Å². The van der Waals surface area contributed by atoms with E-state index in [4.69, 9.17) is 5.26 Å². The van der Waals surface area contributed by atoms with Gasteiger partial charge in [0, 0.05) is 24.6 Å². The SMILES string of the molecule is CC(C)CNC(=O)c1cnc(Nc2cccc(C#N)c2)nc1. The lowest BCUT2D eigenvalue weighted by Gasteiger charge is -2.08. The molecule has 0 spiro atoms. The van der Waals surface area contributed by atoms with Crippen molar-refractivity contribution in [1.29, 1.82) is 5.26 Å². The molecule has 0 aliphatic rings. The first-order valence-electron chi connectivity index (χ1n) is 6.96. The van der Waals surface area contributed by atoms with Gasteiger partial charge in [-0.25, -0.2) is 9.97 Å². The average molecular weight is 295 g/mol. The van der Waals surface area contributed by atoms with Crippen molar-refractivity contribution in [3.8, 4) is 6.07 Å². The van der Waals surface area contributed by atoms with Crippen LogP contribution in [0, 0.1) is 17.2 Å². The van der Waals surface area contributed by atoms with Crippen LogP contribution in [0.25, 0.3) is 0 Å². The summed E-state index contributed by atoms with van der Waals surface area (Å²) >= 11 is 0. The van der Waals surface area contributed by atoms with Crippen LogP contribution in [-0.4, -0.2) is 22.4 Å². The molecule has 0 saturated heterocycles. The number of nitrogens with one attached hydrogen (secondary N) is 2. The molecule has 0 fully saturated rings. The number of benzene rings is 1. The summed E-state index contributed by atoms with van der Waals surface area (Å²) < 4.78 is 0. The first-order valence-corrected chi connectivity index (χ1v) is 6.96. The molecule has 0 radical (unpaired) electrons. The zero-order chi connectivity index (χ0) is 15.9. The van der Waals surface area contributed by atoms with E-state index in [1.807, 2.05) is 19.9 Å². The summed E-state index contributed by atoms with van der Waals surface area (Å²) in [6, 6.07) is 9.07. The molecular formula is C16H17N5O. The Morgan fingerprint density at radius 1 is 1.32 bits per heavy atom. The number of rotatable bonds is 5. The zero-order valence-corrected chi connectivity index (χ0v) is 12.5. The molecule has 2 N–H and O–H groups in total. The largest absolute Gasteiger partial charge is 0.352 e. The summed E-state index contributed by atoms with van der Waals surface area (Å²) in [5.74, 6) is 0.570. The third-order valence-electron chi connectivity index (χ3n) is 2.83. The Morgan fingerprint density at radius 2 is 2.05 bits per heavy atom. The van der Waals surface area contributed by atoms with Gasteiger partial charge in [-0.05, 0) is 24.1 Å². The average Bonchev–Trinajstić information content (AvgIpc) is 2.53. The standard InChI is InChI=1S/C16H17N5O/c1-11(2)8-18-15(22)13-9-19-16(20-10-13)21-14-5-3-4-12(6-14)7-17/h3-6,9-11H,8H2,1-2H3,(H,18,22)(H,19,20,21). The van der Waals surface area contributed by atoms with Gasteiger partial charge in [-0.1, -0.05) is 19.9 Å². The van der Waals surface area contributed by atoms with E-state index in [0.29, 0.717) is 29.5 Å². The van der Waals surface area contributed by atoms with E-state index in [9.17, 15) is 4.79 Å². The number of amides is 1. The van der Waals surface area contributed by atoms with Crippen LogP contribution in [0.4, 0.5) is 11.6 Å². The summed E-state index contributed by atoms with van der Waals surface area (Å²) in [6.45, 7) is 4.66. The van der Waals surface area contributed by atoms with Crippen LogP contribution in [0.3, 0.4) is 0 Å². The Morgan fingerprint density at radius 3 is 2.68 bits per heavy atom. The van der Waals surface area contributed by atoms with Crippen molar-refractivity contribution in [1.82, 2.24) is 15.3 Å². The van der Waals surface area contributed by atoms with Crippen molar-refractivity contribution in [2.45, 2.75) is 13.8 Å². The van der Waals surface area contributed by atoms with Gasteiger partial charge >= 0.3 is 0 Å². The third kappa shape index (κ3) is 4.28. The van der Waals surface area contributed by atoms with Crippen molar-refractivity contribution < 1.29 is 4.79 Å². The van der Waals surface area contributed by atoms with Crippen LogP contribution in [0.2, 0.25) is 0 Å². The Labute approximate surface area is 129 Å². The molecule has 0 aliphatic carbocycles. The van der Waals surface area contributed by atoms with Gasteiger partial charge in [0.15, 0.2) is 0 Å². The fraction of sp³-hybridized carbons (Fsp3) is 0.250. The lowest BCUT2D eigenvalue weighted by Crippen LogP contribution is -2.27. The predicted molar refractivity (Wildman–Crippen MR) is 83.6 cm³/mol. The van der Waals surface area contributed by atoms with Gasteiger partial charge in [-0.2, -0.15) is 5.26 Å².